The number of hydrogen-bond donors (Lipinski definition) is 0. The van der Waals surface area contributed by atoms with Gasteiger partial charge in [0.2, 0.25) is 5.90 Å². The number of aliphatic imine (C=N–C) groups is 1. The van der Waals surface area contributed by atoms with Crippen LogP contribution in [0.2, 0.25) is 0 Å². The molecule has 3 rings (SSSR count). The lowest BCUT2D eigenvalue weighted by molar-refractivity contribution is 0.288. The normalized spacial score (nSPS) is 13.6. The van der Waals surface area contributed by atoms with Crippen LogP contribution in [0.15, 0.2) is 56.4 Å². The predicted octanol–water partition coefficient (Wildman–Crippen LogP) is 4.82. The minimum absolute atomic E-state index is 0.543. The molecule has 18 heavy (non-hydrogen) atoms. The van der Waals surface area contributed by atoms with Gasteiger partial charge in [0.25, 0.3) is 0 Å². The van der Waals surface area contributed by atoms with Gasteiger partial charge in [0.05, 0.1) is 5.69 Å². The van der Waals surface area contributed by atoms with E-state index >= 15 is 0 Å². The molecular formula is C14H9Br2NO. The Morgan fingerprint density at radius 1 is 1.06 bits per heavy atom. The summed E-state index contributed by atoms with van der Waals surface area (Å²) in [7, 11) is 0. The summed E-state index contributed by atoms with van der Waals surface area (Å²) < 4.78 is 7.71. The SMILES string of the molecule is Brc1cc(Br)c2c(c1)COC(c1ccccc1)=N2. The monoisotopic (exact) mass is 365 g/mol. The van der Waals surface area contributed by atoms with E-state index in [0.717, 1.165) is 25.8 Å². The van der Waals surface area contributed by atoms with Crippen molar-refractivity contribution in [1.29, 1.82) is 0 Å². The molecular weight excluding hydrogens is 358 g/mol. The number of halogens is 2. The largest absolute Gasteiger partial charge is 0.472 e. The Morgan fingerprint density at radius 3 is 2.61 bits per heavy atom. The fourth-order valence-corrected chi connectivity index (χ4v) is 3.27. The van der Waals surface area contributed by atoms with Crippen LogP contribution in [-0.2, 0) is 11.3 Å². The maximum atomic E-state index is 5.71. The molecule has 0 spiro atoms. The van der Waals surface area contributed by atoms with Gasteiger partial charge >= 0.3 is 0 Å². The molecule has 0 bridgehead atoms. The number of ether oxygens (including phenoxy) is 1. The highest BCUT2D eigenvalue weighted by Gasteiger charge is 2.17. The molecule has 0 atom stereocenters. The Labute approximate surface area is 122 Å². The lowest BCUT2D eigenvalue weighted by Crippen LogP contribution is -2.11. The third kappa shape index (κ3) is 2.22. The lowest BCUT2D eigenvalue weighted by Gasteiger charge is -2.18. The van der Waals surface area contributed by atoms with Crippen molar-refractivity contribution in [2.75, 3.05) is 0 Å². The second-order valence-electron chi connectivity index (χ2n) is 3.97. The van der Waals surface area contributed by atoms with E-state index in [1.165, 1.54) is 0 Å². The van der Waals surface area contributed by atoms with Crippen LogP contribution in [0.3, 0.4) is 0 Å². The van der Waals surface area contributed by atoms with Crippen LogP contribution in [0.1, 0.15) is 11.1 Å². The van der Waals surface area contributed by atoms with Crippen LogP contribution < -0.4 is 0 Å². The molecule has 0 amide bonds. The van der Waals surface area contributed by atoms with E-state index in [4.69, 9.17) is 4.74 Å². The molecule has 0 saturated carbocycles. The number of hydrogen-bond acceptors (Lipinski definition) is 2. The molecule has 2 aromatic rings. The first-order chi connectivity index (χ1) is 8.74. The fraction of sp³-hybridized carbons (Fsp3) is 0.0714. The zero-order valence-electron chi connectivity index (χ0n) is 9.36. The van der Waals surface area contributed by atoms with Gasteiger partial charge in [-0.1, -0.05) is 34.1 Å². The highest BCUT2D eigenvalue weighted by molar-refractivity contribution is 9.11. The molecule has 2 nitrogen and oxygen atoms in total. The van der Waals surface area contributed by atoms with E-state index < -0.39 is 0 Å². The summed E-state index contributed by atoms with van der Waals surface area (Å²) in [5, 5.41) is 0. The molecule has 1 aliphatic heterocycles. The van der Waals surface area contributed by atoms with Crippen molar-refractivity contribution in [2.24, 2.45) is 4.99 Å². The molecule has 1 heterocycles. The first kappa shape index (κ1) is 11.9. The summed E-state index contributed by atoms with van der Waals surface area (Å²) in [4.78, 5) is 4.58. The smallest absolute Gasteiger partial charge is 0.221 e. The van der Waals surface area contributed by atoms with Gasteiger partial charge in [-0.3, -0.25) is 0 Å². The molecule has 90 valence electrons. The highest BCUT2D eigenvalue weighted by atomic mass is 79.9. The van der Waals surface area contributed by atoms with Gasteiger partial charge in [-0.15, -0.1) is 0 Å². The van der Waals surface area contributed by atoms with E-state index in [-0.39, 0.29) is 0 Å². The second-order valence-corrected chi connectivity index (χ2v) is 5.74. The van der Waals surface area contributed by atoms with Crippen molar-refractivity contribution in [3.05, 3.63) is 62.5 Å². The molecule has 0 saturated heterocycles. The van der Waals surface area contributed by atoms with Crippen LogP contribution in [0.25, 0.3) is 0 Å². The average Bonchev–Trinajstić information content (AvgIpc) is 2.39. The van der Waals surface area contributed by atoms with Crippen molar-refractivity contribution in [2.45, 2.75) is 6.61 Å². The van der Waals surface area contributed by atoms with Gasteiger partial charge in [-0.2, -0.15) is 0 Å². The minimum Gasteiger partial charge on any atom is -0.472 e. The Morgan fingerprint density at radius 2 is 1.83 bits per heavy atom. The van der Waals surface area contributed by atoms with Crippen molar-refractivity contribution in [3.63, 3.8) is 0 Å². The zero-order valence-corrected chi connectivity index (χ0v) is 12.5. The molecule has 2 aromatic carbocycles. The maximum absolute atomic E-state index is 5.71. The second kappa shape index (κ2) is 4.86. The summed E-state index contributed by atoms with van der Waals surface area (Å²) in [6.45, 7) is 0.543. The van der Waals surface area contributed by atoms with E-state index in [1.54, 1.807) is 0 Å². The van der Waals surface area contributed by atoms with Gasteiger partial charge in [-0.05, 0) is 40.2 Å². The summed E-state index contributed by atoms with van der Waals surface area (Å²) in [6, 6.07) is 14.0. The number of benzene rings is 2. The predicted molar refractivity (Wildman–Crippen MR) is 79.3 cm³/mol. The molecule has 0 unspecified atom stereocenters. The molecule has 0 aromatic heterocycles. The molecule has 0 aliphatic carbocycles. The van der Waals surface area contributed by atoms with Crippen molar-refractivity contribution in [3.8, 4) is 0 Å². The van der Waals surface area contributed by atoms with E-state index in [1.807, 2.05) is 42.5 Å². The number of fused-ring (bicyclic) bond motifs is 1. The lowest BCUT2D eigenvalue weighted by atomic mass is 10.1. The maximum Gasteiger partial charge on any atom is 0.221 e. The molecule has 0 fully saturated rings. The third-order valence-corrected chi connectivity index (χ3v) is 3.77. The van der Waals surface area contributed by atoms with Crippen LogP contribution in [0, 0.1) is 0 Å². The zero-order chi connectivity index (χ0) is 12.5. The molecule has 1 aliphatic rings. The van der Waals surface area contributed by atoms with E-state index in [2.05, 4.69) is 36.9 Å². The number of rotatable bonds is 1. The Balaban J connectivity index is 2.09. The van der Waals surface area contributed by atoms with Gasteiger partial charge < -0.3 is 4.74 Å². The molecule has 0 radical (unpaired) electrons. The van der Waals surface area contributed by atoms with Crippen LogP contribution in [-0.4, -0.2) is 5.90 Å². The van der Waals surface area contributed by atoms with Crippen LogP contribution in [0.5, 0.6) is 0 Å². The first-order valence-electron chi connectivity index (χ1n) is 5.49. The molecule has 0 N–H and O–H groups in total. The van der Waals surface area contributed by atoms with Crippen LogP contribution in [0.4, 0.5) is 5.69 Å². The highest BCUT2D eigenvalue weighted by Crippen LogP contribution is 2.36. The van der Waals surface area contributed by atoms with E-state index in [9.17, 15) is 0 Å². The van der Waals surface area contributed by atoms with Gasteiger partial charge in [-0.25, -0.2) is 4.99 Å². The average molecular weight is 367 g/mol. The van der Waals surface area contributed by atoms with Crippen LogP contribution >= 0.6 is 31.9 Å². The van der Waals surface area contributed by atoms with Crippen molar-refractivity contribution in [1.82, 2.24) is 0 Å². The fourth-order valence-electron chi connectivity index (χ4n) is 1.86. The summed E-state index contributed by atoms with van der Waals surface area (Å²) in [6.07, 6.45) is 0. The third-order valence-electron chi connectivity index (χ3n) is 2.71. The summed E-state index contributed by atoms with van der Waals surface area (Å²) in [5.74, 6) is 0.672. The first-order valence-corrected chi connectivity index (χ1v) is 7.07. The Hall–Kier alpha value is -1.13. The van der Waals surface area contributed by atoms with E-state index in [0.29, 0.717) is 12.5 Å². The van der Waals surface area contributed by atoms with Gasteiger partial charge in [0.15, 0.2) is 0 Å². The standard InChI is InChI=1S/C14H9Br2NO/c15-11-6-10-8-18-14(9-4-2-1-3-5-9)17-13(10)12(16)7-11/h1-7H,8H2. The van der Waals surface area contributed by atoms with Gasteiger partial charge in [0.1, 0.15) is 6.61 Å². The van der Waals surface area contributed by atoms with Crippen molar-refractivity contribution >= 4 is 43.4 Å². The van der Waals surface area contributed by atoms with Crippen molar-refractivity contribution < 1.29 is 4.74 Å². The molecule has 4 heteroatoms. The quantitative estimate of drug-likeness (QED) is 0.708. The number of nitrogens with zero attached hydrogens (tertiary/aromatic N) is 1. The Bertz CT molecular complexity index is 623. The topological polar surface area (TPSA) is 21.6 Å². The van der Waals surface area contributed by atoms with Gasteiger partial charge in [0, 0.05) is 20.1 Å². The summed E-state index contributed by atoms with van der Waals surface area (Å²) in [5.41, 5.74) is 3.03. The summed E-state index contributed by atoms with van der Waals surface area (Å²) >= 11 is 7.01. The Kier molecular flexibility index (Phi) is 3.22. The minimum atomic E-state index is 0.543.